The fourth-order valence-corrected chi connectivity index (χ4v) is 3.07. The van der Waals surface area contributed by atoms with Crippen molar-refractivity contribution < 1.29 is 19.1 Å². The predicted molar refractivity (Wildman–Crippen MR) is 104 cm³/mol. The van der Waals surface area contributed by atoms with Crippen molar-refractivity contribution in [2.45, 2.75) is 33.6 Å². The maximum Gasteiger partial charge on any atom is 0.250 e. The van der Waals surface area contributed by atoms with Crippen LogP contribution in [-0.4, -0.2) is 49.4 Å². The highest BCUT2D eigenvalue weighted by atomic mass is 16.5. The largest absolute Gasteiger partial charge is 0.375 e. The molecule has 0 atom stereocenters. The number of ether oxygens (including phenoxy) is 1. The molecule has 1 aliphatic rings. The summed E-state index contributed by atoms with van der Waals surface area (Å²) in [6.07, 6.45) is 1.30. The van der Waals surface area contributed by atoms with Crippen LogP contribution in [0.1, 0.15) is 33.6 Å². The first-order valence-electron chi connectivity index (χ1n) is 9.20. The lowest BCUT2D eigenvalue weighted by molar-refractivity contribution is -0.142. The first-order valence-corrected chi connectivity index (χ1v) is 9.20. The first kappa shape index (κ1) is 20.9. The number of amides is 3. The fourth-order valence-electron chi connectivity index (χ4n) is 3.07. The number of piperidine rings is 1. The molecular formula is C20H29N3O4. The summed E-state index contributed by atoms with van der Waals surface area (Å²) in [6, 6.07) is 7.01. The Morgan fingerprint density at radius 2 is 1.70 bits per heavy atom. The van der Waals surface area contributed by atoms with Crippen LogP contribution in [0.4, 0.5) is 11.4 Å². The summed E-state index contributed by atoms with van der Waals surface area (Å²) in [5, 5.41) is 5.62. The summed E-state index contributed by atoms with van der Waals surface area (Å²) in [6.45, 7) is 6.90. The molecule has 7 heteroatoms. The molecule has 2 N–H and O–H groups in total. The van der Waals surface area contributed by atoms with E-state index in [1.807, 2.05) is 25.7 Å². The van der Waals surface area contributed by atoms with Crippen LogP contribution >= 0.6 is 0 Å². The number of benzene rings is 1. The van der Waals surface area contributed by atoms with Gasteiger partial charge in [0.05, 0.1) is 0 Å². The van der Waals surface area contributed by atoms with Gasteiger partial charge in [-0.1, -0.05) is 26.8 Å². The van der Waals surface area contributed by atoms with Crippen LogP contribution in [0.5, 0.6) is 0 Å². The second-order valence-electron chi connectivity index (χ2n) is 7.87. The number of methoxy groups -OCH3 is 1. The summed E-state index contributed by atoms with van der Waals surface area (Å²) >= 11 is 0. The lowest BCUT2D eigenvalue weighted by atomic mass is 9.90. The quantitative estimate of drug-likeness (QED) is 0.828. The molecule has 0 aliphatic carbocycles. The smallest absolute Gasteiger partial charge is 0.250 e. The summed E-state index contributed by atoms with van der Waals surface area (Å²) in [5.74, 6) is -0.309. The van der Waals surface area contributed by atoms with Crippen molar-refractivity contribution in [1.82, 2.24) is 4.90 Å². The summed E-state index contributed by atoms with van der Waals surface area (Å²) in [4.78, 5) is 38.3. The molecular weight excluding hydrogens is 346 g/mol. The van der Waals surface area contributed by atoms with Crippen molar-refractivity contribution >= 4 is 29.1 Å². The van der Waals surface area contributed by atoms with E-state index in [9.17, 15) is 14.4 Å². The van der Waals surface area contributed by atoms with E-state index in [4.69, 9.17) is 4.74 Å². The molecule has 0 spiro atoms. The molecule has 0 radical (unpaired) electrons. The molecule has 1 heterocycles. The van der Waals surface area contributed by atoms with Crippen LogP contribution in [0, 0.1) is 11.3 Å². The van der Waals surface area contributed by atoms with E-state index in [2.05, 4.69) is 10.6 Å². The third kappa shape index (κ3) is 6.06. The molecule has 1 saturated heterocycles. The van der Waals surface area contributed by atoms with Crippen molar-refractivity contribution in [2.24, 2.45) is 11.3 Å². The number of carbonyl (C=O) groups excluding carboxylic acids is 3. The Kier molecular flexibility index (Phi) is 6.96. The average Bonchev–Trinajstić information content (AvgIpc) is 2.61. The molecule has 1 aromatic rings. The molecule has 1 aromatic carbocycles. The van der Waals surface area contributed by atoms with Crippen molar-refractivity contribution in [2.75, 3.05) is 37.4 Å². The van der Waals surface area contributed by atoms with Crippen molar-refractivity contribution in [3.8, 4) is 0 Å². The van der Waals surface area contributed by atoms with Gasteiger partial charge < -0.3 is 20.3 Å². The Labute approximate surface area is 160 Å². The van der Waals surface area contributed by atoms with E-state index in [1.165, 1.54) is 7.11 Å². The predicted octanol–water partition coefficient (Wildman–Crippen LogP) is 2.49. The zero-order valence-corrected chi connectivity index (χ0v) is 16.5. The van der Waals surface area contributed by atoms with Crippen LogP contribution in [0.15, 0.2) is 24.3 Å². The highest BCUT2D eigenvalue weighted by molar-refractivity contribution is 5.95. The molecule has 148 valence electrons. The van der Waals surface area contributed by atoms with Gasteiger partial charge >= 0.3 is 0 Å². The van der Waals surface area contributed by atoms with Crippen LogP contribution in [0.2, 0.25) is 0 Å². The minimum absolute atomic E-state index is 0.0254. The van der Waals surface area contributed by atoms with Gasteiger partial charge in [-0.05, 0) is 31.0 Å². The Hall–Kier alpha value is -2.41. The monoisotopic (exact) mass is 375 g/mol. The van der Waals surface area contributed by atoms with E-state index >= 15 is 0 Å². The molecule has 0 aromatic heterocycles. The average molecular weight is 375 g/mol. The van der Waals surface area contributed by atoms with Crippen LogP contribution < -0.4 is 10.6 Å². The standard InChI is InChI=1S/C20H29N3O4/c1-20(2,3)19(26)23-10-8-14(9-11-23)18(25)22-16-7-5-6-15(12-16)21-17(24)13-27-4/h5-7,12,14H,8-11,13H2,1-4H3,(H,21,24)(H,22,25). The maximum atomic E-state index is 12.6. The van der Waals surface area contributed by atoms with E-state index in [1.54, 1.807) is 24.3 Å². The van der Waals surface area contributed by atoms with Gasteiger partial charge in [0.1, 0.15) is 6.61 Å². The number of hydrogen-bond acceptors (Lipinski definition) is 4. The number of anilines is 2. The summed E-state index contributed by atoms with van der Waals surface area (Å²) in [7, 11) is 1.45. The van der Waals surface area contributed by atoms with Crippen LogP contribution in [0.3, 0.4) is 0 Å². The Balaban J connectivity index is 1.89. The summed E-state index contributed by atoms with van der Waals surface area (Å²) in [5.41, 5.74) is 0.826. The lowest BCUT2D eigenvalue weighted by Crippen LogP contribution is -2.45. The minimum atomic E-state index is -0.400. The highest BCUT2D eigenvalue weighted by Crippen LogP contribution is 2.25. The van der Waals surface area contributed by atoms with Gasteiger partial charge in [-0.2, -0.15) is 0 Å². The van der Waals surface area contributed by atoms with E-state index in [0.29, 0.717) is 37.3 Å². The minimum Gasteiger partial charge on any atom is -0.375 e. The van der Waals surface area contributed by atoms with E-state index < -0.39 is 5.41 Å². The summed E-state index contributed by atoms with van der Waals surface area (Å²) < 4.78 is 4.79. The van der Waals surface area contributed by atoms with Crippen molar-refractivity contribution in [3.05, 3.63) is 24.3 Å². The second kappa shape index (κ2) is 8.99. The van der Waals surface area contributed by atoms with Crippen LogP contribution in [0.25, 0.3) is 0 Å². The zero-order chi connectivity index (χ0) is 20.0. The molecule has 0 bridgehead atoms. The maximum absolute atomic E-state index is 12.6. The van der Waals surface area contributed by atoms with Gasteiger partial charge in [-0.3, -0.25) is 14.4 Å². The SMILES string of the molecule is COCC(=O)Nc1cccc(NC(=O)C2CCN(C(=O)C(C)(C)C)CC2)c1. The Bertz CT molecular complexity index is 689. The molecule has 7 nitrogen and oxygen atoms in total. The van der Waals surface area contributed by atoms with Gasteiger partial charge in [0.25, 0.3) is 0 Å². The first-order chi connectivity index (χ1) is 12.7. The van der Waals surface area contributed by atoms with Gasteiger partial charge in [-0.25, -0.2) is 0 Å². The molecule has 1 aliphatic heterocycles. The number of hydrogen-bond donors (Lipinski definition) is 2. The Morgan fingerprint density at radius 3 is 2.26 bits per heavy atom. The Morgan fingerprint density at radius 1 is 1.11 bits per heavy atom. The van der Waals surface area contributed by atoms with E-state index in [0.717, 1.165) is 0 Å². The molecule has 27 heavy (non-hydrogen) atoms. The van der Waals surface area contributed by atoms with Gasteiger partial charge in [0, 0.05) is 42.9 Å². The number of carbonyl (C=O) groups is 3. The molecule has 1 fully saturated rings. The zero-order valence-electron chi connectivity index (χ0n) is 16.5. The number of nitrogens with zero attached hydrogens (tertiary/aromatic N) is 1. The highest BCUT2D eigenvalue weighted by Gasteiger charge is 2.32. The van der Waals surface area contributed by atoms with Crippen molar-refractivity contribution in [1.29, 1.82) is 0 Å². The van der Waals surface area contributed by atoms with Gasteiger partial charge in [-0.15, -0.1) is 0 Å². The molecule has 3 amide bonds. The number of rotatable bonds is 5. The number of nitrogens with one attached hydrogen (secondary N) is 2. The van der Waals surface area contributed by atoms with Crippen molar-refractivity contribution in [3.63, 3.8) is 0 Å². The third-order valence-corrected chi connectivity index (χ3v) is 4.48. The van der Waals surface area contributed by atoms with Crippen LogP contribution in [-0.2, 0) is 19.1 Å². The fraction of sp³-hybridized carbons (Fsp3) is 0.550. The molecule has 0 saturated carbocycles. The van der Waals surface area contributed by atoms with E-state index in [-0.39, 0.29) is 30.2 Å². The normalized spacial score (nSPS) is 15.3. The lowest BCUT2D eigenvalue weighted by Gasteiger charge is -2.35. The topological polar surface area (TPSA) is 87.7 Å². The van der Waals surface area contributed by atoms with Gasteiger partial charge in [0.15, 0.2) is 0 Å². The second-order valence-corrected chi connectivity index (χ2v) is 7.87. The number of likely N-dealkylation sites (tertiary alicyclic amines) is 1. The molecule has 2 rings (SSSR count). The third-order valence-electron chi connectivity index (χ3n) is 4.48. The molecule has 0 unspecified atom stereocenters. The van der Waals surface area contributed by atoms with Gasteiger partial charge in [0.2, 0.25) is 17.7 Å².